The van der Waals surface area contributed by atoms with Crippen molar-refractivity contribution in [2.75, 3.05) is 14.1 Å². The van der Waals surface area contributed by atoms with Gasteiger partial charge >= 0.3 is 0 Å². The number of ether oxygens (including phenoxy) is 1. The maximum absolute atomic E-state index is 5.56. The lowest BCUT2D eigenvalue weighted by Gasteiger charge is -2.20. The molecule has 3 nitrogen and oxygen atoms in total. The third kappa shape index (κ3) is 2.51. The van der Waals surface area contributed by atoms with Crippen LogP contribution in [0.3, 0.4) is 0 Å². The molecule has 1 heterocycles. The Morgan fingerprint density at radius 1 is 1.33 bits per heavy atom. The van der Waals surface area contributed by atoms with Crippen molar-refractivity contribution in [2.24, 2.45) is 0 Å². The summed E-state index contributed by atoms with van der Waals surface area (Å²) >= 11 is 0. The van der Waals surface area contributed by atoms with Gasteiger partial charge in [-0.25, -0.2) is 0 Å². The van der Waals surface area contributed by atoms with Crippen LogP contribution in [0.25, 0.3) is 0 Å². The van der Waals surface area contributed by atoms with Crippen molar-refractivity contribution >= 4 is 0 Å². The molecular weight excluding hydrogens is 152 g/mol. The number of hydrogen-bond acceptors (Lipinski definition) is 3. The standard InChI is InChI=1S/C9H14N2O/c1-8(11(2)3)12-9-4-6-10-7-5-9/h4-8H,1-3H3. The monoisotopic (exact) mass is 166 g/mol. The molecular formula is C9H14N2O. The average molecular weight is 166 g/mol. The van der Waals surface area contributed by atoms with Gasteiger partial charge in [-0.3, -0.25) is 9.88 Å². The van der Waals surface area contributed by atoms with E-state index in [1.54, 1.807) is 12.4 Å². The maximum atomic E-state index is 5.56. The molecule has 0 saturated heterocycles. The van der Waals surface area contributed by atoms with Crippen LogP contribution in [-0.4, -0.2) is 30.2 Å². The molecule has 1 aromatic rings. The second-order valence-electron chi connectivity index (χ2n) is 2.86. The van der Waals surface area contributed by atoms with Crippen LogP contribution in [0.4, 0.5) is 0 Å². The number of hydrogen-bond donors (Lipinski definition) is 0. The van der Waals surface area contributed by atoms with Gasteiger partial charge in [0, 0.05) is 12.4 Å². The molecule has 0 bridgehead atoms. The van der Waals surface area contributed by atoms with Gasteiger partial charge in [0.25, 0.3) is 0 Å². The van der Waals surface area contributed by atoms with Crippen LogP contribution in [0.1, 0.15) is 6.92 Å². The van der Waals surface area contributed by atoms with Crippen LogP contribution in [0.5, 0.6) is 5.75 Å². The number of nitrogens with zero attached hydrogens (tertiary/aromatic N) is 2. The van der Waals surface area contributed by atoms with Gasteiger partial charge < -0.3 is 4.74 Å². The Bertz CT molecular complexity index is 223. The van der Waals surface area contributed by atoms with Gasteiger partial charge in [-0.2, -0.15) is 0 Å². The Labute approximate surface area is 73.0 Å². The molecule has 1 atom stereocenters. The summed E-state index contributed by atoms with van der Waals surface area (Å²) in [4.78, 5) is 5.90. The van der Waals surface area contributed by atoms with Crippen molar-refractivity contribution in [1.82, 2.24) is 9.88 Å². The molecule has 0 aliphatic carbocycles. The predicted octanol–water partition coefficient (Wildman–Crippen LogP) is 1.37. The van der Waals surface area contributed by atoms with Crippen LogP contribution >= 0.6 is 0 Å². The maximum Gasteiger partial charge on any atom is 0.149 e. The molecule has 0 spiro atoms. The van der Waals surface area contributed by atoms with E-state index in [1.807, 2.05) is 38.1 Å². The smallest absolute Gasteiger partial charge is 0.149 e. The molecule has 0 amide bonds. The summed E-state index contributed by atoms with van der Waals surface area (Å²) in [6.45, 7) is 2.00. The van der Waals surface area contributed by atoms with Gasteiger partial charge in [-0.05, 0) is 33.2 Å². The normalized spacial score (nSPS) is 13.0. The molecule has 1 unspecified atom stereocenters. The second kappa shape index (κ2) is 4.07. The molecule has 66 valence electrons. The summed E-state index contributed by atoms with van der Waals surface area (Å²) in [5.41, 5.74) is 0. The van der Waals surface area contributed by atoms with Gasteiger partial charge in [0.2, 0.25) is 0 Å². The zero-order chi connectivity index (χ0) is 8.97. The van der Waals surface area contributed by atoms with Crippen LogP contribution in [-0.2, 0) is 0 Å². The zero-order valence-electron chi connectivity index (χ0n) is 7.69. The first kappa shape index (κ1) is 9.00. The average Bonchev–Trinajstić information content (AvgIpc) is 2.06. The first-order valence-electron chi connectivity index (χ1n) is 3.93. The summed E-state index contributed by atoms with van der Waals surface area (Å²) in [6.07, 6.45) is 3.53. The van der Waals surface area contributed by atoms with E-state index in [4.69, 9.17) is 4.74 Å². The Hall–Kier alpha value is -1.09. The van der Waals surface area contributed by atoms with E-state index in [1.165, 1.54) is 0 Å². The quantitative estimate of drug-likeness (QED) is 0.634. The van der Waals surface area contributed by atoms with E-state index in [0.717, 1.165) is 5.75 Å². The lowest BCUT2D eigenvalue weighted by Crippen LogP contribution is -2.30. The Morgan fingerprint density at radius 2 is 1.92 bits per heavy atom. The highest BCUT2D eigenvalue weighted by atomic mass is 16.5. The van der Waals surface area contributed by atoms with E-state index < -0.39 is 0 Å². The van der Waals surface area contributed by atoms with E-state index in [-0.39, 0.29) is 6.23 Å². The van der Waals surface area contributed by atoms with Gasteiger partial charge in [-0.15, -0.1) is 0 Å². The van der Waals surface area contributed by atoms with Crippen molar-refractivity contribution in [3.05, 3.63) is 24.5 Å². The number of rotatable bonds is 3. The Balaban J connectivity index is 2.53. The van der Waals surface area contributed by atoms with Crippen LogP contribution in [0.2, 0.25) is 0 Å². The fraction of sp³-hybridized carbons (Fsp3) is 0.444. The van der Waals surface area contributed by atoms with Crippen molar-refractivity contribution in [1.29, 1.82) is 0 Å². The summed E-state index contributed by atoms with van der Waals surface area (Å²) in [5.74, 6) is 0.853. The second-order valence-corrected chi connectivity index (χ2v) is 2.86. The summed E-state index contributed by atoms with van der Waals surface area (Å²) in [7, 11) is 3.96. The van der Waals surface area contributed by atoms with Gasteiger partial charge in [0.05, 0.1) is 0 Å². The molecule has 12 heavy (non-hydrogen) atoms. The topological polar surface area (TPSA) is 25.4 Å². The van der Waals surface area contributed by atoms with Gasteiger partial charge in [-0.1, -0.05) is 0 Å². The molecule has 0 radical (unpaired) electrons. The fourth-order valence-corrected chi connectivity index (χ4v) is 0.719. The van der Waals surface area contributed by atoms with E-state index in [9.17, 15) is 0 Å². The van der Waals surface area contributed by atoms with Crippen LogP contribution in [0.15, 0.2) is 24.5 Å². The van der Waals surface area contributed by atoms with Crippen molar-refractivity contribution in [3.8, 4) is 5.75 Å². The Morgan fingerprint density at radius 3 is 2.42 bits per heavy atom. The predicted molar refractivity (Wildman–Crippen MR) is 48.0 cm³/mol. The molecule has 0 fully saturated rings. The molecule has 0 aliphatic heterocycles. The molecule has 1 aromatic heterocycles. The molecule has 1 rings (SSSR count). The minimum absolute atomic E-state index is 0.0902. The molecule has 0 N–H and O–H groups in total. The van der Waals surface area contributed by atoms with E-state index in [0.29, 0.717) is 0 Å². The molecule has 3 heteroatoms. The highest BCUT2D eigenvalue weighted by molar-refractivity contribution is 5.16. The van der Waals surface area contributed by atoms with Crippen molar-refractivity contribution in [2.45, 2.75) is 13.2 Å². The third-order valence-electron chi connectivity index (χ3n) is 1.68. The van der Waals surface area contributed by atoms with Crippen LogP contribution in [0, 0.1) is 0 Å². The third-order valence-corrected chi connectivity index (χ3v) is 1.68. The fourth-order valence-electron chi connectivity index (χ4n) is 0.719. The lowest BCUT2D eigenvalue weighted by atomic mass is 10.4. The zero-order valence-corrected chi connectivity index (χ0v) is 7.69. The number of pyridine rings is 1. The summed E-state index contributed by atoms with van der Waals surface area (Å²) in [5, 5.41) is 0. The largest absolute Gasteiger partial charge is 0.475 e. The summed E-state index contributed by atoms with van der Waals surface area (Å²) < 4.78 is 5.56. The molecule has 0 saturated carbocycles. The minimum Gasteiger partial charge on any atom is -0.475 e. The van der Waals surface area contributed by atoms with Gasteiger partial charge in [0.1, 0.15) is 12.0 Å². The summed E-state index contributed by atoms with van der Waals surface area (Å²) in [6, 6.07) is 3.69. The van der Waals surface area contributed by atoms with E-state index in [2.05, 4.69) is 4.98 Å². The SMILES string of the molecule is CC(Oc1ccncc1)N(C)C. The lowest BCUT2D eigenvalue weighted by molar-refractivity contribution is 0.0814. The first-order valence-corrected chi connectivity index (χ1v) is 3.93. The van der Waals surface area contributed by atoms with Crippen LogP contribution < -0.4 is 4.74 Å². The van der Waals surface area contributed by atoms with Gasteiger partial charge in [0.15, 0.2) is 0 Å². The molecule has 0 aliphatic rings. The van der Waals surface area contributed by atoms with E-state index >= 15 is 0 Å². The molecule has 0 aromatic carbocycles. The number of aromatic nitrogens is 1. The van der Waals surface area contributed by atoms with Crippen molar-refractivity contribution in [3.63, 3.8) is 0 Å². The van der Waals surface area contributed by atoms with Crippen molar-refractivity contribution < 1.29 is 4.74 Å². The Kier molecular flexibility index (Phi) is 3.05. The first-order chi connectivity index (χ1) is 5.70. The minimum atomic E-state index is 0.0902. The highest BCUT2D eigenvalue weighted by Gasteiger charge is 2.04. The highest BCUT2D eigenvalue weighted by Crippen LogP contribution is 2.09.